The Kier molecular flexibility index (Phi) is 4.90. The minimum Gasteiger partial charge on any atom is -0.481 e. The van der Waals surface area contributed by atoms with Crippen LogP contribution in [0.2, 0.25) is 5.02 Å². The first-order chi connectivity index (χ1) is 9.91. The van der Waals surface area contributed by atoms with Gasteiger partial charge >= 0.3 is 5.97 Å². The van der Waals surface area contributed by atoms with E-state index in [9.17, 15) is 4.79 Å². The van der Waals surface area contributed by atoms with Crippen LogP contribution in [0, 0.1) is 6.92 Å². The summed E-state index contributed by atoms with van der Waals surface area (Å²) in [6, 6.07) is 5.84. The van der Waals surface area contributed by atoms with Gasteiger partial charge in [0.2, 0.25) is 0 Å². The van der Waals surface area contributed by atoms with Crippen molar-refractivity contribution in [3.05, 3.63) is 28.8 Å². The van der Waals surface area contributed by atoms with E-state index in [0.717, 1.165) is 22.9 Å². The van der Waals surface area contributed by atoms with Gasteiger partial charge in [-0.25, -0.2) is 0 Å². The molecule has 112 valence electrons. The van der Waals surface area contributed by atoms with Crippen molar-refractivity contribution in [2.45, 2.75) is 32.0 Å². The number of nitrogens with zero attached hydrogens (tertiary/aromatic N) is 3. The molecule has 0 amide bonds. The number of carboxylic acid groups (broad SMARTS) is 1. The zero-order valence-corrected chi connectivity index (χ0v) is 13.6. The SMILES string of the molecule is Cc1cccc(-c2nnc(SCC(=O)O)n2C(C)C)c1Cl. The third-order valence-corrected chi connectivity index (χ3v) is 4.37. The van der Waals surface area contributed by atoms with Crippen LogP contribution in [0.1, 0.15) is 25.5 Å². The lowest BCUT2D eigenvalue weighted by atomic mass is 10.1. The number of aryl methyl sites for hydroxylation is 1. The molecule has 0 saturated heterocycles. The number of carbonyl (C=O) groups is 1. The first-order valence-corrected chi connectivity index (χ1v) is 7.83. The Morgan fingerprint density at radius 1 is 1.43 bits per heavy atom. The molecule has 0 aliphatic carbocycles. The van der Waals surface area contributed by atoms with E-state index in [2.05, 4.69) is 10.2 Å². The number of halogens is 1. The topological polar surface area (TPSA) is 68.0 Å². The molecule has 2 rings (SSSR count). The molecule has 0 atom stereocenters. The zero-order chi connectivity index (χ0) is 15.6. The number of carboxylic acids is 1. The summed E-state index contributed by atoms with van der Waals surface area (Å²) in [6.45, 7) is 5.94. The van der Waals surface area contributed by atoms with Crippen molar-refractivity contribution in [1.82, 2.24) is 14.8 Å². The van der Waals surface area contributed by atoms with Gasteiger partial charge in [0.15, 0.2) is 11.0 Å². The summed E-state index contributed by atoms with van der Waals surface area (Å²) in [5.74, 6) is -0.271. The van der Waals surface area contributed by atoms with Gasteiger partial charge in [-0.15, -0.1) is 10.2 Å². The Morgan fingerprint density at radius 2 is 2.14 bits per heavy atom. The molecule has 1 aromatic heterocycles. The standard InChI is InChI=1S/C14H16ClN3O2S/c1-8(2)18-13(10-6-4-5-9(3)12(10)15)16-17-14(18)21-7-11(19)20/h4-6,8H,7H2,1-3H3,(H,19,20). The van der Waals surface area contributed by atoms with Crippen LogP contribution in [0.15, 0.2) is 23.4 Å². The molecule has 1 heterocycles. The monoisotopic (exact) mass is 325 g/mol. The van der Waals surface area contributed by atoms with E-state index in [4.69, 9.17) is 16.7 Å². The molecule has 7 heteroatoms. The van der Waals surface area contributed by atoms with Gasteiger partial charge in [-0.1, -0.05) is 35.5 Å². The van der Waals surface area contributed by atoms with Crippen LogP contribution in [-0.2, 0) is 4.79 Å². The second-order valence-electron chi connectivity index (χ2n) is 4.89. The average Bonchev–Trinajstić information content (AvgIpc) is 2.83. The summed E-state index contributed by atoms with van der Waals surface area (Å²) in [4.78, 5) is 10.7. The number of benzene rings is 1. The number of hydrogen-bond acceptors (Lipinski definition) is 4. The van der Waals surface area contributed by atoms with Gasteiger partial charge in [-0.2, -0.15) is 0 Å². The Hall–Kier alpha value is -1.53. The number of aromatic nitrogens is 3. The van der Waals surface area contributed by atoms with Crippen LogP contribution < -0.4 is 0 Å². The second kappa shape index (κ2) is 6.49. The number of aliphatic carboxylic acids is 1. The van der Waals surface area contributed by atoms with Gasteiger partial charge in [-0.3, -0.25) is 9.36 Å². The minimum absolute atomic E-state index is 0.0492. The Labute approximate surface area is 132 Å². The third kappa shape index (κ3) is 3.39. The number of hydrogen-bond donors (Lipinski definition) is 1. The Balaban J connectivity index is 2.49. The fourth-order valence-electron chi connectivity index (χ4n) is 1.97. The molecule has 0 spiro atoms. The quantitative estimate of drug-likeness (QED) is 0.849. The first kappa shape index (κ1) is 15.9. The van der Waals surface area contributed by atoms with Gasteiger partial charge in [0.25, 0.3) is 0 Å². The highest BCUT2D eigenvalue weighted by Gasteiger charge is 2.19. The maximum atomic E-state index is 10.7. The van der Waals surface area contributed by atoms with Gasteiger partial charge in [-0.05, 0) is 32.4 Å². The van der Waals surface area contributed by atoms with Crippen molar-refractivity contribution >= 4 is 29.3 Å². The van der Waals surface area contributed by atoms with Crippen molar-refractivity contribution in [3.63, 3.8) is 0 Å². The van der Waals surface area contributed by atoms with E-state index in [1.54, 1.807) is 0 Å². The highest BCUT2D eigenvalue weighted by molar-refractivity contribution is 7.99. The minimum atomic E-state index is -0.881. The molecule has 1 N–H and O–H groups in total. The maximum Gasteiger partial charge on any atom is 0.313 e. The van der Waals surface area contributed by atoms with Crippen LogP contribution in [0.3, 0.4) is 0 Å². The summed E-state index contributed by atoms with van der Waals surface area (Å²) >= 11 is 7.51. The fourth-order valence-corrected chi connectivity index (χ4v) is 2.97. The van der Waals surface area contributed by atoms with Gasteiger partial charge < -0.3 is 5.11 Å². The molecule has 0 bridgehead atoms. The maximum absolute atomic E-state index is 10.7. The van der Waals surface area contributed by atoms with Crippen LogP contribution in [0.5, 0.6) is 0 Å². The van der Waals surface area contributed by atoms with E-state index in [-0.39, 0.29) is 11.8 Å². The number of thioether (sulfide) groups is 1. The van der Waals surface area contributed by atoms with E-state index < -0.39 is 5.97 Å². The van der Waals surface area contributed by atoms with Crippen LogP contribution >= 0.6 is 23.4 Å². The summed E-state index contributed by atoms with van der Waals surface area (Å²) in [5.41, 5.74) is 1.77. The zero-order valence-electron chi connectivity index (χ0n) is 12.0. The second-order valence-corrected chi connectivity index (χ2v) is 6.21. The predicted octanol–water partition coefficient (Wildman–Crippen LogP) is 3.66. The first-order valence-electron chi connectivity index (χ1n) is 6.46. The smallest absolute Gasteiger partial charge is 0.313 e. The molecule has 21 heavy (non-hydrogen) atoms. The summed E-state index contributed by atoms with van der Waals surface area (Å²) < 4.78 is 1.91. The van der Waals surface area contributed by atoms with Crippen LogP contribution in [-0.4, -0.2) is 31.6 Å². The van der Waals surface area contributed by atoms with E-state index in [0.29, 0.717) is 16.0 Å². The number of rotatable bonds is 5. The lowest BCUT2D eigenvalue weighted by Crippen LogP contribution is -2.07. The molecule has 0 aliphatic rings. The van der Waals surface area contributed by atoms with E-state index in [1.807, 2.05) is 43.5 Å². The largest absolute Gasteiger partial charge is 0.481 e. The summed E-state index contributed by atoms with van der Waals surface area (Å²) in [7, 11) is 0. The normalized spacial score (nSPS) is 11.1. The molecule has 1 aromatic carbocycles. The van der Waals surface area contributed by atoms with Crippen LogP contribution in [0.25, 0.3) is 11.4 Å². The van der Waals surface area contributed by atoms with Gasteiger partial charge in [0, 0.05) is 11.6 Å². The lowest BCUT2D eigenvalue weighted by Gasteiger charge is -2.14. The van der Waals surface area contributed by atoms with Crippen molar-refractivity contribution in [2.75, 3.05) is 5.75 Å². The Bertz CT molecular complexity index is 670. The third-order valence-electron chi connectivity index (χ3n) is 2.94. The summed E-state index contributed by atoms with van der Waals surface area (Å²) in [5, 5.41) is 18.3. The van der Waals surface area contributed by atoms with Crippen molar-refractivity contribution in [2.24, 2.45) is 0 Å². The van der Waals surface area contributed by atoms with Crippen LogP contribution in [0.4, 0.5) is 0 Å². The molecule has 0 fully saturated rings. The van der Waals surface area contributed by atoms with Gasteiger partial charge in [0.05, 0.1) is 10.8 Å². The molecule has 0 aliphatic heterocycles. The lowest BCUT2D eigenvalue weighted by molar-refractivity contribution is -0.133. The van der Waals surface area contributed by atoms with Crippen molar-refractivity contribution in [3.8, 4) is 11.4 Å². The molecule has 0 saturated carbocycles. The molecule has 0 radical (unpaired) electrons. The van der Waals surface area contributed by atoms with E-state index in [1.165, 1.54) is 0 Å². The highest BCUT2D eigenvalue weighted by atomic mass is 35.5. The molecule has 0 unspecified atom stereocenters. The average molecular weight is 326 g/mol. The highest BCUT2D eigenvalue weighted by Crippen LogP contribution is 2.33. The molecule has 5 nitrogen and oxygen atoms in total. The fraction of sp³-hybridized carbons (Fsp3) is 0.357. The van der Waals surface area contributed by atoms with Gasteiger partial charge in [0.1, 0.15) is 0 Å². The summed E-state index contributed by atoms with van der Waals surface area (Å²) in [6.07, 6.45) is 0. The van der Waals surface area contributed by atoms with E-state index >= 15 is 0 Å². The molecular weight excluding hydrogens is 310 g/mol. The molecular formula is C14H16ClN3O2S. The predicted molar refractivity (Wildman–Crippen MR) is 83.9 cm³/mol. The van der Waals surface area contributed by atoms with Crippen molar-refractivity contribution in [1.29, 1.82) is 0 Å². The Morgan fingerprint density at radius 3 is 2.76 bits per heavy atom. The molecule has 2 aromatic rings. The van der Waals surface area contributed by atoms with Crippen molar-refractivity contribution < 1.29 is 9.90 Å².